The van der Waals surface area contributed by atoms with E-state index < -0.39 is 0 Å². The summed E-state index contributed by atoms with van der Waals surface area (Å²) in [6.07, 6.45) is 12.2. The van der Waals surface area contributed by atoms with Crippen LogP contribution in [0, 0.1) is 5.92 Å². The first-order chi connectivity index (χ1) is 3.97. The summed E-state index contributed by atoms with van der Waals surface area (Å²) in [5.74, 6) is 0.676. The fourth-order valence-electron chi connectivity index (χ4n) is 1.01. The van der Waals surface area contributed by atoms with Crippen LogP contribution in [0.25, 0.3) is 0 Å². The summed E-state index contributed by atoms with van der Waals surface area (Å²) < 4.78 is 0. The minimum Gasteiger partial charge on any atom is -0.0800 e. The van der Waals surface area contributed by atoms with Crippen molar-refractivity contribution in [2.75, 3.05) is 0 Å². The van der Waals surface area contributed by atoms with E-state index >= 15 is 0 Å². The molecule has 0 aromatic carbocycles. The molecule has 0 spiro atoms. The van der Waals surface area contributed by atoms with E-state index in [4.69, 9.17) is 0 Å². The van der Waals surface area contributed by atoms with Gasteiger partial charge in [-0.15, -0.1) is 0 Å². The van der Waals surface area contributed by atoms with Crippen molar-refractivity contribution in [3.63, 3.8) is 0 Å². The first kappa shape index (κ1) is 4.13. The van der Waals surface area contributed by atoms with Gasteiger partial charge in [0.1, 0.15) is 0 Å². The van der Waals surface area contributed by atoms with Gasteiger partial charge in [-0.1, -0.05) is 36.0 Å². The van der Waals surface area contributed by atoms with Crippen LogP contribution in [0.4, 0.5) is 0 Å². The Bertz CT molecular complexity index is 170. The summed E-state index contributed by atoms with van der Waals surface area (Å²) in [7, 11) is 0. The number of hydrogen-bond acceptors (Lipinski definition) is 0. The molecule has 0 saturated carbocycles. The summed E-state index contributed by atoms with van der Waals surface area (Å²) in [5, 5.41) is 0. The molecule has 0 saturated heterocycles. The molecule has 0 amide bonds. The molecule has 0 nitrogen and oxygen atoms in total. The van der Waals surface area contributed by atoms with Gasteiger partial charge in [0, 0.05) is 5.92 Å². The Hall–Kier alpha value is -0.780. The van der Waals surface area contributed by atoms with Crippen molar-refractivity contribution in [2.24, 2.45) is 5.92 Å². The Morgan fingerprint density at radius 1 is 1.25 bits per heavy atom. The highest BCUT2D eigenvalue weighted by Gasteiger charge is 2.15. The molecule has 0 aliphatic heterocycles. The summed E-state index contributed by atoms with van der Waals surface area (Å²) in [5.41, 5.74) is 1.59. The van der Waals surface area contributed by atoms with Gasteiger partial charge in [-0.3, -0.25) is 0 Å². The number of hydrogen-bond donors (Lipinski definition) is 0. The van der Waals surface area contributed by atoms with Gasteiger partial charge in [-0.25, -0.2) is 0 Å². The van der Waals surface area contributed by atoms with Crippen molar-refractivity contribution in [3.8, 4) is 0 Å². The second kappa shape index (κ2) is 1.35. The van der Waals surface area contributed by atoms with Crippen LogP contribution in [0.15, 0.2) is 36.0 Å². The zero-order valence-corrected chi connectivity index (χ0v) is 4.67. The van der Waals surface area contributed by atoms with Crippen LogP contribution in [0.2, 0.25) is 0 Å². The molecule has 0 N–H and O–H groups in total. The molecule has 0 bridgehead atoms. The van der Waals surface area contributed by atoms with Crippen LogP contribution >= 0.6 is 0 Å². The number of allylic oxidation sites excluding steroid dienone is 6. The topological polar surface area (TPSA) is 0 Å². The summed E-state index contributed by atoms with van der Waals surface area (Å²) >= 11 is 0. The smallest absolute Gasteiger partial charge is 0.0166 e. The third-order valence-electron chi connectivity index (χ3n) is 1.62. The third kappa shape index (κ3) is 0.532. The molecule has 0 aromatic rings. The van der Waals surface area contributed by atoms with E-state index in [-0.39, 0.29) is 0 Å². The van der Waals surface area contributed by atoms with Crippen LogP contribution < -0.4 is 0 Å². The average Bonchev–Trinajstić information content (AvgIpc) is 2.49. The molecule has 8 heavy (non-hydrogen) atoms. The maximum Gasteiger partial charge on any atom is 0.0166 e. The van der Waals surface area contributed by atoms with Gasteiger partial charge in [-0.05, 0) is 6.42 Å². The summed E-state index contributed by atoms with van der Waals surface area (Å²) in [6.45, 7) is 0. The largest absolute Gasteiger partial charge is 0.0800 e. The number of rotatable bonds is 1. The van der Waals surface area contributed by atoms with Crippen molar-refractivity contribution in [3.05, 3.63) is 36.0 Å². The van der Waals surface area contributed by atoms with Crippen molar-refractivity contribution in [1.82, 2.24) is 0 Å². The minimum absolute atomic E-state index is 0.676. The van der Waals surface area contributed by atoms with E-state index in [1.807, 2.05) is 0 Å². The third-order valence-corrected chi connectivity index (χ3v) is 1.62. The predicted molar refractivity (Wildman–Crippen MR) is 34.5 cm³/mol. The van der Waals surface area contributed by atoms with E-state index in [0.717, 1.165) is 0 Å². The molecular formula is C8H8. The molecule has 0 heteroatoms. The summed E-state index contributed by atoms with van der Waals surface area (Å²) in [4.78, 5) is 0. The molecule has 0 radical (unpaired) electrons. The van der Waals surface area contributed by atoms with Gasteiger partial charge in [0.2, 0.25) is 0 Å². The normalized spacial score (nSPS) is 24.2. The lowest BCUT2D eigenvalue weighted by atomic mass is 10.1. The summed E-state index contributed by atoms with van der Waals surface area (Å²) in [6, 6.07) is 0. The second-order valence-corrected chi connectivity index (χ2v) is 2.28. The standard InChI is InChI=1S/C8H8/c1-2-4-7(3-1)8-5-6-8/h1-5,7H,6H2. The zero-order chi connectivity index (χ0) is 5.40. The molecule has 0 atom stereocenters. The Kier molecular flexibility index (Phi) is 0.696. The second-order valence-electron chi connectivity index (χ2n) is 2.28. The van der Waals surface area contributed by atoms with Gasteiger partial charge in [0.25, 0.3) is 0 Å². The van der Waals surface area contributed by atoms with Crippen molar-refractivity contribution >= 4 is 0 Å². The molecular weight excluding hydrogens is 96.1 g/mol. The van der Waals surface area contributed by atoms with Crippen molar-refractivity contribution < 1.29 is 0 Å². The lowest BCUT2D eigenvalue weighted by molar-refractivity contribution is 1.03. The van der Waals surface area contributed by atoms with Gasteiger partial charge in [0.05, 0.1) is 0 Å². The van der Waals surface area contributed by atoms with Gasteiger partial charge < -0.3 is 0 Å². The molecule has 2 aliphatic carbocycles. The molecule has 2 aliphatic rings. The molecule has 2 rings (SSSR count). The lowest BCUT2D eigenvalue weighted by Gasteiger charge is -1.93. The molecule has 0 heterocycles. The zero-order valence-electron chi connectivity index (χ0n) is 4.67. The average molecular weight is 104 g/mol. The lowest BCUT2D eigenvalue weighted by Crippen LogP contribution is -1.81. The fraction of sp³-hybridized carbons (Fsp3) is 0.250. The van der Waals surface area contributed by atoms with Crippen molar-refractivity contribution in [1.29, 1.82) is 0 Å². The SMILES string of the molecule is C1=CC(C2=CC2)C=C1. The Morgan fingerprint density at radius 2 is 1.88 bits per heavy atom. The molecule has 0 aromatic heterocycles. The van der Waals surface area contributed by atoms with E-state index in [9.17, 15) is 0 Å². The Balaban J connectivity index is 2.17. The monoisotopic (exact) mass is 104 g/mol. The highest BCUT2D eigenvalue weighted by atomic mass is 14.2. The first-order valence-electron chi connectivity index (χ1n) is 3.01. The van der Waals surface area contributed by atoms with Crippen molar-refractivity contribution in [2.45, 2.75) is 6.42 Å². The van der Waals surface area contributed by atoms with E-state index in [1.54, 1.807) is 5.57 Å². The van der Waals surface area contributed by atoms with Gasteiger partial charge in [0.15, 0.2) is 0 Å². The highest BCUT2D eigenvalue weighted by molar-refractivity contribution is 5.36. The fourth-order valence-corrected chi connectivity index (χ4v) is 1.01. The molecule has 40 valence electrons. The van der Waals surface area contributed by atoms with Crippen LogP contribution in [0.1, 0.15) is 6.42 Å². The first-order valence-corrected chi connectivity index (χ1v) is 3.01. The van der Waals surface area contributed by atoms with Gasteiger partial charge >= 0.3 is 0 Å². The van der Waals surface area contributed by atoms with Crippen LogP contribution in [-0.4, -0.2) is 0 Å². The Labute approximate surface area is 49.2 Å². The molecule has 0 unspecified atom stereocenters. The quantitative estimate of drug-likeness (QED) is 0.447. The van der Waals surface area contributed by atoms with Crippen LogP contribution in [-0.2, 0) is 0 Å². The molecule has 0 fully saturated rings. The minimum atomic E-state index is 0.676. The van der Waals surface area contributed by atoms with Gasteiger partial charge in [-0.2, -0.15) is 0 Å². The highest BCUT2D eigenvalue weighted by Crippen LogP contribution is 2.31. The van der Waals surface area contributed by atoms with E-state index in [2.05, 4.69) is 30.4 Å². The maximum absolute atomic E-state index is 2.28. The maximum atomic E-state index is 2.28. The Morgan fingerprint density at radius 3 is 2.38 bits per heavy atom. The van der Waals surface area contributed by atoms with Crippen LogP contribution in [0.5, 0.6) is 0 Å². The predicted octanol–water partition coefficient (Wildman–Crippen LogP) is 2.06. The van der Waals surface area contributed by atoms with E-state index in [0.29, 0.717) is 5.92 Å². The van der Waals surface area contributed by atoms with Crippen LogP contribution in [0.3, 0.4) is 0 Å². The van der Waals surface area contributed by atoms with E-state index in [1.165, 1.54) is 6.42 Å².